The maximum absolute atomic E-state index is 5.08. The van der Waals surface area contributed by atoms with Crippen LogP contribution in [0, 0.1) is 0 Å². The maximum atomic E-state index is 5.08. The summed E-state index contributed by atoms with van der Waals surface area (Å²) in [6, 6.07) is 0. The Morgan fingerprint density at radius 3 is 3.15 bits per heavy atom. The molecule has 0 spiro atoms. The van der Waals surface area contributed by atoms with Gasteiger partial charge in [0.1, 0.15) is 0 Å². The zero-order valence-electron chi connectivity index (χ0n) is 8.24. The lowest BCUT2D eigenvalue weighted by molar-refractivity contribution is 0.137. The molecule has 1 fully saturated rings. The van der Waals surface area contributed by atoms with Gasteiger partial charge in [-0.05, 0) is 19.4 Å². The number of ether oxygens (including phenoxy) is 1. The van der Waals surface area contributed by atoms with Gasteiger partial charge in [0.2, 0.25) is 0 Å². The lowest BCUT2D eigenvalue weighted by Crippen LogP contribution is -2.38. The molecule has 0 aromatic carbocycles. The minimum Gasteiger partial charge on any atom is -0.383 e. The summed E-state index contributed by atoms with van der Waals surface area (Å²) in [5.74, 6) is 0. The first-order valence-electron chi connectivity index (χ1n) is 4.80. The molecular weight excluding hydrogens is 202 g/mol. The average molecular weight is 221 g/mol. The average Bonchev–Trinajstić information content (AvgIpc) is 2.16. The van der Waals surface area contributed by atoms with Gasteiger partial charge in [-0.15, -0.1) is 11.8 Å². The smallest absolute Gasteiger partial charge is 0.0589 e. The van der Waals surface area contributed by atoms with Crippen LogP contribution < -0.4 is 0 Å². The van der Waals surface area contributed by atoms with E-state index in [0.717, 1.165) is 23.5 Å². The molecule has 4 heteroatoms. The number of methoxy groups -OCH3 is 1. The Bertz CT molecular complexity index is 133. The first-order valence-corrected chi connectivity index (χ1v) is 6.48. The molecular formula is C9H19NOS2. The molecule has 0 aromatic heterocycles. The first-order chi connectivity index (χ1) is 6.36. The summed E-state index contributed by atoms with van der Waals surface area (Å²) in [6.45, 7) is 4.40. The van der Waals surface area contributed by atoms with E-state index in [-0.39, 0.29) is 0 Å². The van der Waals surface area contributed by atoms with Crippen molar-refractivity contribution in [2.45, 2.75) is 18.1 Å². The highest BCUT2D eigenvalue weighted by Crippen LogP contribution is 2.22. The van der Waals surface area contributed by atoms with Crippen LogP contribution in [0.15, 0.2) is 0 Å². The number of nitrogens with zero attached hydrogens (tertiary/aromatic N) is 1. The summed E-state index contributed by atoms with van der Waals surface area (Å²) in [5, 5.41) is 1.74. The zero-order valence-corrected chi connectivity index (χ0v) is 9.95. The van der Waals surface area contributed by atoms with Crippen LogP contribution in [0.1, 0.15) is 12.8 Å². The highest BCUT2D eigenvalue weighted by molar-refractivity contribution is 8.09. The van der Waals surface area contributed by atoms with Gasteiger partial charge in [-0.25, -0.2) is 0 Å². The van der Waals surface area contributed by atoms with Crippen molar-refractivity contribution in [2.75, 3.05) is 38.4 Å². The maximum Gasteiger partial charge on any atom is 0.0589 e. The molecule has 1 atom stereocenters. The van der Waals surface area contributed by atoms with E-state index in [1.165, 1.54) is 25.9 Å². The van der Waals surface area contributed by atoms with E-state index in [1.54, 1.807) is 7.11 Å². The molecule has 0 aromatic rings. The van der Waals surface area contributed by atoms with Gasteiger partial charge in [-0.1, -0.05) is 0 Å². The van der Waals surface area contributed by atoms with Crippen LogP contribution in [0.4, 0.5) is 0 Å². The fourth-order valence-corrected chi connectivity index (χ4v) is 3.17. The second-order valence-electron chi connectivity index (χ2n) is 3.35. The van der Waals surface area contributed by atoms with Crippen LogP contribution in [0.3, 0.4) is 0 Å². The Labute approximate surface area is 90.8 Å². The molecule has 0 saturated carbocycles. The fourth-order valence-electron chi connectivity index (χ4n) is 1.68. The Hall–Kier alpha value is 0.620. The monoisotopic (exact) mass is 221 g/mol. The van der Waals surface area contributed by atoms with E-state index < -0.39 is 0 Å². The molecule has 0 radical (unpaired) electrons. The quantitative estimate of drug-likeness (QED) is 0.561. The molecule has 1 aliphatic rings. The molecule has 1 aliphatic heterocycles. The summed E-state index contributed by atoms with van der Waals surface area (Å²) in [6.07, 6.45) is 2.68. The summed E-state index contributed by atoms with van der Waals surface area (Å²) < 4.78 is 5.08. The van der Waals surface area contributed by atoms with E-state index in [1.807, 2.05) is 11.8 Å². The molecule has 13 heavy (non-hydrogen) atoms. The van der Waals surface area contributed by atoms with Gasteiger partial charge in [-0.2, -0.15) is 12.6 Å². The molecule has 2 nitrogen and oxygen atoms in total. The van der Waals surface area contributed by atoms with Crippen LogP contribution in [0.2, 0.25) is 0 Å². The van der Waals surface area contributed by atoms with E-state index in [9.17, 15) is 0 Å². The second kappa shape index (κ2) is 6.98. The van der Waals surface area contributed by atoms with Crippen molar-refractivity contribution in [3.8, 4) is 0 Å². The number of rotatable bonds is 5. The first kappa shape index (κ1) is 11.7. The minimum atomic E-state index is 0.795. The predicted molar refractivity (Wildman–Crippen MR) is 62.8 cm³/mol. The SMILES string of the molecule is COCCN1CCC[C@H](SCS)C1. The molecule has 0 N–H and O–H groups in total. The van der Waals surface area contributed by atoms with Crippen LogP contribution in [-0.4, -0.2) is 48.6 Å². The molecule has 0 amide bonds. The molecule has 0 bridgehead atoms. The summed E-state index contributed by atoms with van der Waals surface area (Å²) in [4.78, 5) is 2.49. The third kappa shape index (κ3) is 4.58. The van der Waals surface area contributed by atoms with Crippen molar-refractivity contribution in [1.82, 2.24) is 4.90 Å². The van der Waals surface area contributed by atoms with Crippen LogP contribution in [0.5, 0.6) is 0 Å². The number of thiol groups is 1. The topological polar surface area (TPSA) is 12.5 Å². The highest BCUT2D eigenvalue weighted by Gasteiger charge is 2.18. The Morgan fingerprint density at radius 2 is 2.46 bits per heavy atom. The van der Waals surface area contributed by atoms with Crippen molar-refractivity contribution in [1.29, 1.82) is 0 Å². The van der Waals surface area contributed by atoms with Gasteiger partial charge in [-0.3, -0.25) is 4.90 Å². The van der Waals surface area contributed by atoms with Gasteiger partial charge < -0.3 is 4.74 Å². The van der Waals surface area contributed by atoms with Crippen LogP contribution in [-0.2, 0) is 4.74 Å². The highest BCUT2D eigenvalue weighted by atomic mass is 32.2. The number of thioether (sulfide) groups is 1. The van der Waals surface area contributed by atoms with Crippen molar-refractivity contribution < 1.29 is 4.74 Å². The molecule has 78 valence electrons. The van der Waals surface area contributed by atoms with Gasteiger partial charge >= 0.3 is 0 Å². The number of hydrogen-bond donors (Lipinski definition) is 1. The third-order valence-corrected chi connectivity index (χ3v) is 3.84. The van der Waals surface area contributed by atoms with E-state index in [4.69, 9.17) is 4.74 Å². The number of likely N-dealkylation sites (tertiary alicyclic amines) is 1. The molecule has 0 unspecified atom stereocenters. The standard InChI is InChI=1S/C9H19NOS2/c1-11-6-5-10-4-2-3-9(7-10)13-8-12/h9,12H,2-8H2,1H3/t9-/m0/s1. The zero-order chi connectivity index (χ0) is 9.52. The van der Waals surface area contributed by atoms with Crippen molar-refractivity contribution in [3.63, 3.8) is 0 Å². The van der Waals surface area contributed by atoms with Gasteiger partial charge in [0.25, 0.3) is 0 Å². The predicted octanol–water partition coefficient (Wildman–Crippen LogP) is 1.72. The number of hydrogen-bond acceptors (Lipinski definition) is 4. The van der Waals surface area contributed by atoms with E-state index >= 15 is 0 Å². The van der Waals surface area contributed by atoms with E-state index in [2.05, 4.69) is 17.5 Å². The molecule has 1 heterocycles. The molecule has 1 rings (SSSR count). The van der Waals surface area contributed by atoms with Crippen molar-refractivity contribution >= 4 is 24.4 Å². The summed E-state index contributed by atoms with van der Waals surface area (Å²) >= 11 is 6.22. The van der Waals surface area contributed by atoms with Gasteiger partial charge in [0.05, 0.1) is 6.61 Å². The van der Waals surface area contributed by atoms with Gasteiger partial charge in [0, 0.05) is 30.5 Å². The normalized spacial score (nSPS) is 24.9. The Kier molecular flexibility index (Phi) is 6.28. The van der Waals surface area contributed by atoms with Crippen molar-refractivity contribution in [2.24, 2.45) is 0 Å². The Morgan fingerprint density at radius 1 is 1.62 bits per heavy atom. The molecule has 0 aliphatic carbocycles. The number of piperidine rings is 1. The third-order valence-electron chi connectivity index (χ3n) is 2.38. The summed E-state index contributed by atoms with van der Waals surface area (Å²) in [7, 11) is 1.77. The lowest BCUT2D eigenvalue weighted by atomic mass is 10.1. The lowest BCUT2D eigenvalue weighted by Gasteiger charge is -2.31. The largest absolute Gasteiger partial charge is 0.383 e. The second-order valence-corrected chi connectivity index (χ2v) is 5.39. The Balaban J connectivity index is 2.16. The van der Waals surface area contributed by atoms with Crippen LogP contribution in [0.25, 0.3) is 0 Å². The summed E-state index contributed by atoms with van der Waals surface area (Å²) in [5.41, 5.74) is 0. The molecule has 1 saturated heterocycles. The van der Waals surface area contributed by atoms with Gasteiger partial charge in [0.15, 0.2) is 0 Å². The van der Waals surface area contributed by atoms with E-state index in [0.29, 0.717) is 0 Å². The minimum absolute atomic E-state index is 0.795. The fraction of sp³-hybridized carbons (Fsp3) is 1.00. The van der Waals surface area contributed by atoms with Crippen LogP contribution >= 0.6 is 24.4 Å². The van der Waals surface area contributed by atoms with Crippen molar-refractivity contribution in [3.05, 3.63) is 0 Å².